The number of hydrogen-bond donors (Lipinski definition) is 1. The first-order chi connectivity index (χ1) is 13.1. The molecule has 0 spiro atoms. The number of nitrogens with zero attached hydrogens (tertiary/aromatic N) is 1. The van der Waals surface area contributed by atoms with Crippen molar-refractivity contribution in [1.29, 1.82) is 5.26 Å². The number of ether oxygens (including phenoxy) is 1. The number of aromatic amines is 1. The van der Waals surface area contributed by atoms with Gasteiger partial charge in [0.1, 0.15) is 11.6 Å². The summed E-state index contributed by atoms with van der Waals surface area (Å²) in [6, 6.07) is 17.5. The molecule has 0 bridgehead atoms. The summed E-state index contributed by atoms with van der Waals surface area (Å²) in [6.45, 7) is 1.85. The fourth-order valence-electron chi connectivity index (χ4n) is 2.84. The van der Waals surface area contributed by atoms with Crippen LogP contribution in [-0.4, -0.2) is 17.6 Å². The van der Waals surface area contributed by atoms with Gasteiger partial charge in [0, 0.05) is 10.6 Å². The van der Waals surface area contributed by atoms with Gasteiger partial charge in [-0.25, -0.2) is 4.79 Å². The summed E-state index contributed by atoms with van der Waals surface area (Å²) >= 11 is 5.96. The van der Waals surface area contributed by atoms with Crippen molar-refractivity contribution >= 4 is 17.6 Å². The van der Waals surface area contributed by atoms with Gasteiger partial charge in [-0.3, -0.25) is 4.79 Å². The monoisotopic (exact) mass is 378 g/mol. The minimum atomic E-state index is -0.617. The number of aromatic nitrogens is 1. The highest BCUT2D eigenvalue weighted by atomic mass is 35.5. The molecule has 0 fully saturated rings. The standard InChI is InChI=1S/C21H15ClN2O3/c1-2-27-21(26)18-17(13-8-10-15(22)11-9-13)16(12-23)20(25)24-19(18)14-6-4-3-5-7-14/h3-11H,2H2,1H3,(H,24,25). The first-order valence-corrected chi connectivity index (χ1v) is 8.63. The Balaban J connectivity index is 2.43. The van der Waals surface area contributed by atoms with Crippen LogP contribution >= 0.6 is 11.6 Å². The van der Waals surface area contributed by atoms with Crippen LogP contribution in [0, 0.1) is 11.3 Å². The van der Waals surface area contributed by atoms with Crippen LogP contribution in [0.3, 0.4) is 0 Å². The fraction of sp³-hybridized carbons (Fsp3) is 0.0952. The maximum atomic E-state index is 12.8. The zero-order valence-electron chi connectivity index (χ0n) is 14.5. The van der Waals surface area contributed by atoms with Crippen molar-refractivity contribution in [3.05, 3.63) is 81.1 Å². The van der Waals surface area contributed by atoms with E-state index >= 15 is 0 Å². The molecule has 1 N–H and O–H groups in total. The molecule has 0 saturated heterocycles. The number of pyridine rings is 1. The molecule has 2 aromatic carbocycles. The van der Waals surface area contributed by atoms with E-state index in [4.69, 9.17) is 16.3 Å². The summed E-state index contributed by atoms with van der Waals surface area (Å²) in [4.78, 5) is 28.0. The second kappa shape index (κ2) is 7.90. The topological polar surface area (TPSA) is 83.0 Å². The van der Waals surface area contributed by atoms with Gasteiger partial charge in [0.25, 0.3) is 5.56 Å². The largest absolute Gasteiger partial charge is 0.462 e. The molecule has 1 heterocycles. The lowest BCUT2D eigenvalue weighted by Gasteiger charge is -2.15. The lowest BCUT2D eigenvalue weighted by molar-refractivity contribution is 0.0527. The first kappa shape index (κ1) is 18.4. The van der Waals surface area contributed by atoms with Gasteiger partial charge in [-0.05, 0) is 30.2 Å². The van der Waals surface area contributed by atoms with Gasteiger partial charge >= 0.3 is 5.97 Å². The maximum absolute atomic E-state index is 12.8. The molecule has 0 saturated carbocycles. The number of halogens is 1. The number of esters is 1. The van der Waals surface area contributed by atoms with Gasteiger partial charge in [-0.1, -0.05) is 54.1 Å². The molecule has 5 nitrogen and oxygen atoms in total. The Bertz CT molecular complexity index is 1080. The summed E-state index contributed by atoms with van der Waals surface area (Å²) in [5, 5.41) is 10.1. The van der Waals surface area contributed by atoms with Crippen molar-refractivity contribution in [2.75, 3.05) is 6.61 Å². The quantitative estimate of drug-likeness (QED) is 0.681. The number of H-pyrrole nitrogens is 1. The molecule has 6 heteroatoms. The molecular formula is C21H15ClN2O3. The van der Waals surface area contributed by atoms with Crippen molar-refractivity contribution in [2.45, 2.75) is 6.92 Å². The Kier molecular flexibility index (Phi) is 5.39. The molecule has 134 valence electrons. The van der Waals surface area contributed by atoms with E-state index in [0.717, 1.165) is 0 Å². The maximum Gasteiger partial charge on any atom is 0.340 e. The second-order valence-corrected chi connectivity index (χ2v) is 6.10. The van der Waals surface area contributed by atoms with Crippen LogP contribution in [0.2, 0.25) is 5.02 Å². The predicted molar refractivity (Wildman–Crippen MR) is 104 cm³/mol. The Morgan fingerprint density at radius 1 is 1.11 bits per heavy atom. The number of nitriles is 1. The highest BCUT2D eigenvalue weighted by Crippen LogP contribution is 2.33. The third-order valence-corrected chi connectivity index (χ3v) is 4.25. The summed E-state index contributed by atoms with van der Waals surface area (Å²) < 4.78 is 5.22. The fourth-order valence-corrected chi connectivity index (χ4v) is 2.97. The van der Waals surface area contributed by atoms with E-state index in [9.17, 15) is 14.9 Å². The number of hydrogen-bond acceptors (Lipinski definition) is 4. The number of benzene rings is 2. The highest BCUT2D eigenvalue weighted by Gasteiger charge is 2.25. The number of rotatable bonds is 4. The van der Waals surface area contributed by atoms with Crippen molar-refractivity contribution in [3.63, 3.8) is 0 Å². The molecule has 3 rings (SSSR count). The molecule has 27 heavy (non-hydrogen) atoms. The van der Waals surface area contributed by atoms with E-state index in [1.54, 1.807) is 55.5 Å². The van der Waals surface area contributed by atoms with Crippen molar-refractivity contribution in [1.82, 2.24) is 4.98 Å². The molecule has 0 aliphatic heterocycles. The van der Waals surface area contributed by atoms with Gasteiger partial charge in [0.05, 0.1) is 17.9 Å². The number of carbonyl (C=O) groups is 1. The van der Waals surface area contributed by atoms with Crippen molar-refractivity contribution in [3.8, 4) is 28.5 Å². The van der Waals surface area contributed by atoms with Gasteiger partial charge in [-0.2, -0.15) is 5.26 Å². The van der Waals surface area contributed by atoms with Gasteiger partial charge < -0.3 is 9.72 Å². The van der Waals surface area contributed by atoms with Crippen LogP contribution in [0.1, 0.15) is 22.8 Å². The van der Waals surface area contributed by atoms with E-state index in [0.29, 0.717) is 21.8 Å². The Labute approximate surface area is 160 Å². The predicted octanol–water partition coefficient (Wildman–Crippen LogP) is 4.41. The lowest BCUT2D eigenvalue weighted by atomic mass is 9.92. The Morgan fingerprint density at radius 3 is 2.37 bits per heavy atom. The zero-order chi connectivity index (χ0) is 19.4. The van der Waals surface area contributed by atoms with Crippen LogP contribution in [-0.2, 0) is 4.74 Å². The Morgan fingerprint density at radius 2 is 1.78 bits per heavy atom. The third-order valence-electron chi connectivity index (χ3n) is 4.00. The van der Waals surface area contributed by atoms with Crippen LogP contribution in [0.4, 0.5) is 0 Å². The third kappa shape index (κ3) is 3.62. The average molecular weight is 379 g/mol. The van der Waals surface area contributed by atoms with Gasteiger partial charge in [0.15, 0.2) is 0 Å². The highest BCUT2D eigenvalue weighted by molar-refractivity contribution is 6.30. The first-order valence-electron chi connectivity index (χ1n) is 8.25. The minimum Gasteiger partial charge on any atom is -0.462 e. The van der Waals surface area contributed by atoms with E-state index in [2.05, 4.69) is 4.98 Å². The lowest BCUT2D eigenvalue weighted by Crippen LogP contribution is -2.20. The normalized spacial score (nSPS) is 10.3. The molecule has 1 aromatic heterocycles. The summed E-state index contributed by atoms with van der Waals surface area (Å²) in [7, 11) is 0. The Hall–Kier alpha value is -3.36. The van der Waals surface area contributed by atoms with Crippen LogP contribution in [0.5, 0.6) is 0 Å². The van der Waals surface area contributed by atoms with Crippen LogP contribution in [0.25, 0.3) is 22.4 Å². The molecule has 0 aliphatic rings. The summed E-state index contributed by atoms with van der Waals surface area (Å²) in [5.41, 5.74) is 1.12. The molecule has 3 aromatic rings. The number of carbonyl (C=O) groups excluding carboxylic acids is 1. The van der Waals surface area contributed by atoms with Crippen molar-refractivity contribution < 1.29 is 9.53 Å². The van der Waals surface area contributed by atoms with Crippen molar-refractivity contribution in [2.24, 2.45) is 0 Å². The smallest absolute Gasteiger partial charge is 0.340 e. The average Bonchev–Trinajstić information content (AvgIpc) is 2.68. The van der Waals surface area contributed by atoms with Crippen LogP contribution in [0.15, 0.2) is 59.4 Å². The minimum absolute atomic E-state index is 0.140. The molecule has 0 aliphatic carbocycles. The molecule has 0 unspecified atom stereocenters. The van der Waals surface area contributed by atoms with E-state index in [1.165, 1.54) is 0 Å². The summed E-state index contributed by atoms with van der Waals surface area (Å²) in [5.74, 6) is -0.617. The second-order valence-electron chi connectivity index (χ2n) is 5.66. The summed E-state index contributed by atoms with van der Waals surface area (Å²) in [6.07, 6.45) is 0. The van der Waals surface area contributed by atoms with E-state index < -0.39 is 11.5 Å². The number of nitrogens with one attached hydrogen (secondary N) is 1. The van der Waals surface area contributed by atoms with Gasteiger partial charge in [0.2, 0.25) is 0 Å². The molecular weight excluding hydrogens is 364 g/mol. The molecule has 0 amide bonds. The molecule has 0 radical (unpaired) electrons. The van der Waals surface area contributed by atoms with Gasteiger partial charge in [-0.15, -0.1) is 0 Å². The van der Waals surface area contributed by atoms with Crippen LogP contribution < -0.4 is 5.56 Å². The van der Waals surface area contributed by atoms with E-state index in [-0.39, 0.29) is 23.3 Å². The zero-order valence-corrected chi connectivity index (χ0v) is 15.2. The molecule has 0 atom stereocenters. The van der Waals surface area contributed by atoms with E-state index in [1.807, 2.05) is 12.1 Å². The SMILES string of the molecule is CCOC(=O)c1c(-c2ccccc2)[nH]c(=O)c(C#N)c1-c1ccc(Cl)cc1.